The summed E-state index contributed by atoms with van der Waals surface area (Å²) in [4.78, 5) is 30.8. The fourth-order valence-electron chi connectivity index (χ4n) is 4.52. The lowest BCUT2D eigenvalue weighted by atomic mass is 9.99. The number of aryl methyl sites for hydroxylation is 1. The molecule has 202 valence electrons. The van der Waals surface area contributed by atoms with Crippen LogP contribution >= 0.6 is 0 Å². The van der Waals surface area contributed by atoms with Gasteiger partial charge >= 0.3 is 0 Å². The molecule has 39 heavy (non-hydrogen) atoms. The number of nitrogens with zero attached hydrogens (tertiary/aromatic N) is 2. The van der Waals surface area contributed by atoms with E-state index >= 15 is 0 Å². The van der Waals surface area contributed by atoms with Crippen LogP contribution in [0.2, 0.25) is 0 Å². The van der Waals surface area contributed by atoms with E-state index in [0.29, 0.717) is 66.4 Å². The Morgan fingerprint density at radius 1 is 1.03 bits per heavy atom. The highest BCUT2D eigenvalue weighted by atomic mass is 19.3. The zero-order chi connectivity index (χ0) is 27.4. The zero-order valence-electron chi connectivity index (χ0n) is 21.2. The van der Waals surface area contributed by atoms with Crippen molar-refractivity contribution in [3.05, 3.63) is 83.2 Å². The molecule has 0 saturated carbocycles. The smallest absolute Gasteiger partial charge is 0.267 e. The van der Waals surface area contributed by atoms with Gasteiger partial charge in [0.15, 0.2) is 0 Å². The number of nitrogen functional groups attached to an aromatic ring is 1. The minimum atomic E-state index is -2.75. The largest absolute Gasteiger partial charge is 0.459 e. The summed E-state index contributed by atoms with van der Waals surface area (Å²) >= 11 is 0. The van der Waals surface area contributed by atoms with Crippen LogP contribution in [0.1, 0.15) is 40.1 Å². The standard InChI is InChI=1S/C29H28F2N4O4/c30-28(31)24-15-21(19-3-5-20(6-4-19)29(37)35-9-11-38-12-10-35)13-22-14-23(39-27(22)24)17-34-26(36)8-2-18-1-7-25(32)33-16-18/h1,3-7,13-16,28H,2,8-12,17H2,(H2,32,33)(H,34,36). The monoisotopic (exact) mass is 534 g/mol. The Balaban J connectivity index is 1.29. The second kappa shape index (κ2) is 11.6. The van der Waals surface area contributed by atoms with Crippen molar-refractivity contribution >= 4 is 28.6 Å². The van der Waals surface area contributed by atoms with Crippen molar-refractivity contribution in [3.63, 3.8) is 0 Å². The maximum Gasteiger partial charge on any atom is 0.267 e. The maximum atomic E-state index is 14.0. The lowest BCUT2D eigenvalue weighted by Crippen LogP contribution is -2.40. The third kappa shape index (κ3) is 6.23. The number of carbonyl (C=O) groups excluding carboxylic acids is 2. The Morgan fingerprint density at radius 3 is 2.49 bits per heavy atom. The first-order valence-corrected chi connectivity index (χ1v) is 12.7. The molecule has 4 aromatic rings. The lowest BCUT2D eigenvalue weighted by molar-refractivity contribution is -0.121. The molecule has 0 atom stereocenters. The molecule has 0 unspecified atom stereocenters. The molecule has 3 N–H and O–H groups in total. The van der Waals surface area contributed by atoms with Crippen molar-refractivity contribution in [1.29, 1.82) is 0 Å². The second-order valence-corrected chi connectivity index (χ2v) is 9.35. The zero-order valence-corrected chi connectivity index (χ0v) is 21.2. The Hall–Kier alpha value is -4.31. The number of benzene rings is 2. The van der Waals surface area contributed by atoms with Crippen LogP contribution in [-0.4, -0.2) is 48.0 Å². The van der Waals surface area contributed by atoms with E-state index in [-0.39, 0.29) is 35.9 Å². The molecule has 1 aliphatic heterocycles. The molecule has 1 saturated heterocycles. The summed E-state index contributed by atoms with van der Waals surface area (Å²) < 4.78 is 39.0. The van der Waals surface area contributed by atoms with Gasteiger partial charge < -0.3 is 25.1 Å². The van der Waals surface area contributed by atoms with E-state index in [1.54, 1.807) is 53.6 Å². The summed E-state index contributed by atoms with van der Waals surface area (Å²) in [5, 5.41) is 3.28. The minimum absolute atomic E-state index is 0.0733. The Kier molecular flexibility index (Phi) is 7.83. The number of hydrogen-bond donors (Lipinski definition) is 2. The van der Waals surface area contributed by atoms with Gasteiger partial charge in [-0.25, -0.2) is 13.8 Å². The summed E-state index contributed by atoms with van der Waals surface area (Å²) in [5.74, 6) is 0.502. The van der Waals surface area contributed by atoms with Crippen molar-refractivity contribution in [3.8, 4) is 11.1 Å². The predicted molar refractivity (Wildman–Crippen MR) is 142 cm³/mol. The van der Waals surface area contributed by atoms with Crippen molar-refractivity contribution in [2.45, 2.75) is 25.8 Å². The normalized spacial score (nSPS) is 13.7. The van der Waals surface area contributed by atoms with E-state index in [2.05, 4.69) is 10.3 Å². The molecule has 5 rings (SSSR count). The maximum absolute atomic E-state index is 14.0. The first-order valence-electron chi connectivity index (χ1n) is 12.7. The Labute approximate surface area is 223 Å². The topological polar surface area (TPSA) is 111 Å². The van der Waals surface area contributed by atoms with E-state index in [1.807, 2.05) is 6.07 Å². The molecule has 2 aromatic carbocycles. The van der Waals surface area contributed by atoms with Gasteiger partial charge in [0, 0.05) is 36.7 Å². The quantitative estimate of drug-likeness (QED) is 0.338. The van der Waals surface area contributed by atoms with E-state index < -0.39 is 6.43 Å². The number of alkyl halides is 2. The molecular weight excluding hydrogens is 506 g/mol. The molecule has 10 heteroatoms. The highest BCUT2D eigenvalue weighted by Gasteiger charge is 2.20. The van der Waals surface area contributed by atoms with Crippen molar-refractivity contribution in [1.82, 2.24) is 15.2 Å². The minimum Gasteiger partial charge on any atom is -0.459 e. The van der Waals surface area contributed by atoms with Crippen molar-refractivity contribution in [2.75, 3.05) is 32.0 Å². The number of nitrogens with one attached hydrogen (secondary N) is 1. The molecule has 2 amide bonds. The highest BCUT2D eigenvalue weighted by Crippen LogP contribution is 2.35. The first-order chi connectivity index (χ1) is 18.9. The molecule has 0 bridgehead atoms. The number of anilines is 1. The van der Waals surface area contributed by atoms with Crippen LogP contribution in [0, 0.1) is 0 Å². The summed E-state index contributed by atoms with van der Waals surface area (Å²) in [7, 11) is 0. The van der Waals surface area contributed by atoms with Crippen LogP contribution in [0.15, 0.2) is 65.2 Å². The third-order valence-electron chi connectivity index (χ3n) is 6.64. The second-order valence-electron chi connectivity index (χ2n) is 9.35. The van der Waals surface area contributed by atoms with Crippen LogP contribution in [0.3, 0.4) is 0 Å². The summed E-state index contributed by atoms with van der Waals surface area (Å²) in [6.45, 7) is 2.18. The number of pyridine rings is 1. The summed E-state index contributed by atoms with van der Waals surface area (Å²) in [6.07, 6.45) is -0.394. The number of amides is 2. The molecule has 0 aliphatic carbocycles. The van der Waals surface area contributed by atoms with Crippen molar-refractivity contribution in [2.24, 2.45) is 0 Å². The number of nitrogens with two attached hydrogens (primary N) is 1. The lowest BCUT2D eigenvalue weighted by Gasteiger charge is -2.26. The number of morpholine rings is 1. The van der Waals surface area contributed by atoms with Crippen LogP contribution in [0.5, 0.6) is 0 Å². The number of rotatable bonds is 8. The van der Waals surface area contributed by atoms with E-state index in [1.165, 1.54) is 6.07 Å². The van der Waals surface area contributed by atoms with E-state index in [0.717, 1.165) is 5.56 Å². The van der Waals surface area contributed by atoms with Gasteiger partial charge in [-0.2, -0.15) is 0 Å². The average Bonchev–Trinajstić information content (AvgIpc) is 3.38. The molecule has 0 radical (unpaired) electrons. The van der Waals surface area contributed by atoms with Crippen LogP contribution in [0.25, 0.3) is 22.1 Å². The Bertz CT molecular complexity index is 1460. The predicted octanol–water partition coefficient (Wildman–Crippen LogP) is 4.74. The molecular formula is C29H28F2N4O4. The van der Waals surface area contributed by atoms with Gasteiger partial charge in [-0.05, 0) is 59.5 Å². The van der Waals surface area contributed by atoms with Gasteiger partial charge in [0.05, 0.1) is 25.3 Å². The molecule has 2 aromatic heterocycles. The van der Waals surface area contributed by atoms with Gasteiger partial charge in [0.25, 0.3) is 12.3 Å². The third-order valence-corrected chi connectivity index (χ3v) is 6.64. The Morgan fingerprint density at radius 2 is 1.79 bits per heavy atom. The van der Waals surface area contributed by atoms with E-state index in [4.69, 9.17) is 14.9 Å². The highest BCUT2D eigenvalue weighted by molar-refractivity contribution is 5.95. The number of halogens is 2. The van der Waals surface area contributed by atoms with Crippen LogP contribution in [-0.2, 0) is 22.5 Å². The fraction of sp³-hybridized carbons (Fsp3) is 0.276. The fourth-order valence-corrected chi connectivity index (χ4v) is 4.52. The number of carbonyl (C=O) groups is 2. The number of hydrogen-bond acceptors (Lipinski definition) is 6. The van der Waals surface area contributed by atoms with Crippen LogP contribution < -0.4 is 11.1 Å². The average molecular weight is 535 g/mol. The summed E-state index contributed by atoms with van der Waals surface area (Å²) in [6, 6.07) is 15.2. The summed E-state index contributed by atoms with van der Waals surface area (Å²) in [5.41, 5.74) is 8.13. The molecule has 3 heterocycles. The molecule has 0 spiro atoms. The van der Waals surface area contributed by atoms with Gasteiger partial charge in [-0.3, -0.25) is 9.59 Å². The number of fused-ring (bicyclic) bond motifs is 1. The molecule has 8 nitrogen and oxygen atoms in total. The van der Waals surface area contributed by atoms with Gasteiger partial charge in [0.2, 0.25) is 5.91 Å². The SMILES string of the molecule is Nc1ccc(CCC(=O)NCc2cc3cc(-c4ccc(C(=O)N5CCOCC5)cc4)cc(C(F)F)c3o2)cn1. The molecule has 1 aliphatic rings. The number of ether oxygens (including phenoxy) is 1. The van der Waals surface area contributed by atoms with Crippen LogP contribution in [0.4, 0.5) is 14.6 Å². The first kappa shape index (κ1) is 26.3. The molecule has 1 fully saturated rings. The van der Waals surface area contributed by atoms with Crippen molar-refractivity contribution < 1.29 is 27.5 Å². The van der Waals surface area contributed by atoms with Gasteiger partial charge in [-0.1, -0.05) is 18.2 Å². The van der Waals surface area contributed by atoms with Gasteiger partial charge in [0.1, 0.15) is 17.2 Å². The number of furan rings is 1. The van der Waals surface area contributed by atoms with Gasteiger partial charge in [-0.15, -0.1) is 0 Å². The van der Waals surface area contributed by atoms with E-state index in [9.17, 15) is 18.4 Å². The number of aromatic nitrogens is 1.